The van der Waals surface area contributed by atoms with Gasteiger partial charge in [0.2, 0.25) is 10.0 Å². The van der Waals surface area contributed by atoms with Crippen molar-refractivity contribution in [3.8, 4) is 0 Å². The van der Waals surface area contributed by atoms with Gasteiger partial charge in [0.1, 0.15) is 0 Å². The predicted molar refractivity (Wildman–Crippen MR) is 98.6 cm³/mol. The van der Waals surface area contributed by atoms with Crippen LogP contribution in [-0.4, -0.2) is 37.9 Å². The monoisotopic (exact) mass is 359 g/mol. The number of piperidine rings is 1. The van der Waals surface area contributed by atoms with E-state index in [1.54, 1.807) is 12.1 Å². The topological polar surface area (TPSA) is 62.3 Å². The standard InChI is InChI=1S/C19H25N3O2S/c1-16-5-7-19(8-6-16)25(23,24)21-14-17-9-12-22(13-10-17)15-18-4-2-3-11-20-18/h2-8,11,17,21H,9-10,12-15H2,1H3. The highest BCUT2D eigenvalue weighted by Crippen LogP contribution is 2.19. The second kappa shape index (κ2) is 8.08. The Bertz CT molecular complexity index is 768. The fraction of sp³-hybridized carbons (Fsp3) is 0.421. The maximum Gasteiger partial charge on any atom is 0.240 e. The largest absolute Gasteiger partial charge is 0.297 e. The number of aromatic nitrogens is 1. The Morgan fingerprint density at radius 1 is 1.12 bits per heavy atom. The highest BCUT2D eigenvalue weighted by Gasteiger charge is 2.22. The van der Waals surface area contributed by atoms with Crippen LogP contribution in [0.15, 0.2) is 53.6 Å². The van der Waals surface area contributed by atoms with Crippen molar-refractivity contribution in [3.63, 3.8) is 0 Å². The molecule has 1 fully saturated rings. The Morgan fingerprint density at radius 3 is 2.48 bits per heavy atom. The van der Waals surface area contributed by atoms with Gasteiger partial charge in [0, 0.05) is 19.3 Å². The minimum Gasteiger partial charge on any atom is -0.297 e. The molecule has 1 aliphatic rings. The van der Waals surface area contributed by atoms with Crippen LogP contribution in [0.2, 0.25) is 0 Å². The summed E-state index contributed by atoms with van der Waals surface area (Å²) in [5.74, 6) is 0.389. The third kappa shape index (κ3) is 5.11. The molecule has 0 bridgehead atoms. The molecule has 1 saturated heterocycles. The maximum absolute atomic E-state index is 12.4. The summed E-state index contributed by atoms with van der Waals surface area (Å²) >= 11 is 0. The highest BCUT2D eigenvalue weighted by molar-refractivity contribution is 7.89. The van der Waals surface area contributed by atoms with E-state index >= 15 is 0 Å². The maximum atomic E-state index is 12.4. The number of hydrogen-bond donors (Lipinski definition) is 1. The van der Waals surface area contributed by atoms with Crippen molar-refractivity contribution in [3.05, 3.63) is 59.9 Å². The first kappa shape index (κ1) is 18.0. The summed E-state index contributed by atoms with van der Waals surface area (Å²) in [6.07, 6.45) is 3.83. The summed E-state index contributed by atoms with van der Waals surface area (Å²) in [5, 5.41) is 0. The zero-order valence-corrected chi connectivity index (χ0v) is 15.4. The van der Waals surface area contributed by atoms with E-state index in [-0.39, 0.29) is 0 Å². The van der Waals surface area contributed by atoms with E-state index in [2.05, 4.69) is 14.6 Å². The summed E-state index contributed by atoms with van der Waals surface area (Å²) in [6.45, 7) is 5.28. The smallest absolute Gasteiger partial charge is 0.240 e. The molecule has 134 valence electrons. The summed E-state index contributed by atoms with van der Waals surface area (Å²) in [7, 11) is -3.41. The minimum absolute atomic E-state index is 0.339. The number of sulfonamides is 1. The van der Waals surface area contributed by atoms with Crippen molar-refractivity contribution < 1.29 is 8.42 Å². The lowest BCUT2D eigenvalue weighted by atomic mass is 9.97. The van der Waals surface area contributed by atoms with Crippen molar-refractivity contribution >= 4 is 10.0 Å². The fourth-order valence-corrected chi connectivity index (χ4v) is 4.21. The van der Waals surface area contributed by atoms with Gasteiger partial charge in [0.25, 0.3) is 0 Å². The SMILES string of the molecule is Cc1ccc(S(=O)(=O)NCC2CCN(Cc3ccccn3)CC2)cc1. The summed E-state index contributed by atoms with van der Waals surface area (Å²) in [5.41, 5.74) is 2.14. The van der Waals surface area contributed by atoms with Crippen molar-refractivity contribution in [2.45, 2.75) is 31.2 Å². The molecular weight excluding hydrogens is 334 g/mol. The molecule has 3 rings (SSSR count). The first-order valence-electron chi connectivity index (χ1n) is 8.71. The van der Waals surface area contributed by atoms with Gasteiger partial charge < -0.3 is 0 Å². The molecule has 25 heavy (non-hydrogen) atoms. The lowest BCUT2D eigenvalue weighted by Crippen LogP contribution is -2.38. The van der Waals surface area contributed by atoms with Crippen LogP contribution in [0.1, 0.15) is 24.1 Å². The Labute approximate surface area is 150 Å². The Hall–Kier alpha value is -1.76. The second-order valence-electron chi connectivity index (χ2n) is 6.71. The summed E-state index contributed by atoms with van der Waals surface area (Å²) in [6, 6.07) is 12.9. The Balaban J connectivity index is 1.47. The molecule has 0 saturated carbocycles. The molecule has 0 amide bonds. The lowest BCUT2D eigenvalue weighted by Gasteiger charge is -2.31. The summed E-state index contributed by atoms with van der Waals surface area (Å²) in [4.78, 5) is 7.09. The highest BCUT2D eigenvalue weighted by atomic mass is 32.2. The van der Waals surface area contributed by atoms with Gasteiger partial charge in [-0.05, 0) is 63.0 Å². The Morgan fingerprint density at radius 2 is 1.84 bits per heavy atom. The number of nitrogens with zero attached hydrogens (tertiary/aromatic N) is 2. The van der Waals surface area contributed by atoms with Crippen LogP contribution < -0.4 is 4.72 Å². The van der Waals surface area contributed by atoms with E-state index in [1.807, 2.05) is 43.5 Å². The Kier molecular flexibility index (Phi) is 5.83. The van der Waals surface area contributed by atoms with Gasteiger partial charge in [-0.3, -0.25) is 9.88 Å². The van der Waals surface area contributed by atoms with Gasteiger partial charge in [-0.1, -0.05) is 23.8 Å². The number of pyridine rings is 1. The molecule has 0 radical (unpaired) electrons. The average molecular weight is 359 g/mol. The molecule has 2 heterocycles. The van der Waals surface area contributed by atoms with Crippen LogP contribution in [0.5, 0.6) is 0 Å². The van der Waals surface area contributed by atoms with E-state index in [9.17, 15) is 8.42 Å². The average Bonchev–Trinajstić information content (AvgIpc) is 2.62. The molecular formula is C19H25N3O2S. The predicted octanol–water partition coefficient (Wildman–Crippen LogP) is 2.58. The zero-order chi connectivity index (χ0) is 17.7. The van der Waals surface area contributed by atoms with Crippen molar-refractivity contribution in [1.82, 2.24) is 14.6 Å². The molecule has 1 N–H and O–H groups in total. The molecule has 2 aromatic rings. The number of hydrogen-bond acceptors (Lipinski definition) is 4. The summed E-state index contributed by atoms with van der Waals surface area (Å²) < 4.78 is 27.5. The van der Waals surface area contributed by atoms with Gasteiger partial charge >= 0.3 is 0 Å². The number of rotatable bonds is 6. The van der Waals surface area contributed by atoms with E-state index in [1.165, 1.54) is 0 Å². The second-order valence-corrected chi connectivity index (χ2v) is 8.47. The van der Waals surface area contributed by atoms with E-state index in [0.717, 1.165) is 43.7 Å². The van der Waals surface area contributed by atoms with Crippen LogP contribution in [0.4, 0.5) is 0 Å². The van der Waals surface area contributed by atoms with Gasteiger partial charge in [-0.2, -0.15) is 0 Å². The minimum atomic E-state index is -3.41. The number of aryl methyl sites for hydroxylation is 1. The molecule has 1 aliphatic heterocycles. The lowest BCUT2D eigenvalue weighted by molar-refractivity contribution is 0.177. The van der Waals surface area contributed by atoms with Crippen LogP contribution >= 0.6 is 0 Å². The first-order valence-corrected chi connectivity index (χ1v) is 10.2. The molecule has 0 atom stereocenters. The number of benzene rings is 1. The van der Waals surface area contributed by atoms with Crippen molar-refractivity contribution in [1.29, 1.82) is 0 Å². The van der Waals surface area contributed by atoms with Crippen LogP contribution in [0.3, 0.4) is 0 Å². The normalized spacial score (nSPS) is 16.8. The molecule has 1 aromatic carbocycles. The van der Waals surface area contributed by atoms with Crippen LogP contribution in [-0.2, 0) is 16.6 Å². The third-order valence-electron chi connectivity index (χ3n) is 4.71. The fourth-order valence-electron chi connectivity index (χ4n) is 3.10. The van der Waals surface area contributed by atoms with E-state index in [0.29, 0.717) is 17.4 Å². The van der Waals surface area contributed by atoms with Crippen molar-refractivity contribution in [2.24, 2.45) is 5.92 Å². The number of likely N-dealkylation sites (tertiary alicyclic amines) is 1. The molecule has 1 aromatic heterocycles. The van der Waals surface area contributed by atoms with E-state index in [4.69, 9.17) is 0 Å². The zero-order valence-electron chi connectivity index (χ0n) is 14.6. The third-order valence-corrected chi connectivity index (χ3v) is 6.15. The van der Waals surface area contributed by atoms with Gasteiger partial charge in [0.15, 0.2) is 0 Å². The molecule has 5 nitrogen and oxygen atoms in total. The van der Waals surface area contributed by atoms with Crippen LogP contribution in [0, 0.1) is 12.8 Å². The van der Waals surface area contributed by atoms with Gasteiger partial charge in [-0.25, -0.2) is 13.1 Å². The molecule has 0 spiro atoms. The molecule has 0 unspecified atom stereocenters. The molecule has 0 aliphatic carbocycles. The quantitative estimate of drug-likeness (QED) is 0.861. The van der Waals surface area contributed by atoms with Gasteiger partial charge in [-0.15, -0.1) is 0 Å². The first-order chi connectivity index (χ1) is 12.0. The number of nitrogens with one attached hydrogen (secondary N) is 1. The van der Waals surface area contributed by atoms with E-state index < -0.39 is 10.0 Å². The van der Waals surface area contributed by atoms with Gasteiger partial charge in [0.05, 0.1) is 10.6 Å². The van der Waals surface area contributed by atoms with Crippen molar-refractivity contribution in [2.75, 3.05) is 19.6 Å². The van der Waals surface area contributed by atoms with Crippen LogP contribution in [0.25, 0.3) is 0 Å². The molecule has 6 heteroatoms.